The molecule has 0 spiro atoms. The molecule has 6 atom stereocenters. The second kappa shape index (κ2) is 15.5. The van der Waals surface area contributed by atoms with Crippen LogP contribution in [0.4, 0.5) is 4.39 Å². The number of aryl methyl sites for hydroxylation is 1. The molecule has 4 aromatic rings. The predicted octanol–water partition coefficient (Wildman–Crippen LogP) is 6.44. The van der Waals surface area contributed by atoms with Crippen molar-refractivity contribution < 1.29 is 28.2 Å². The summed E-state index contributed by atoms with van der Waals surface area (Å²) in [5.74, 6) is -1.94. The number of carbonyl (C=O) groups excluding carboxylic acids is 3. The quantitative estimate of drug-likeness (QED) is 0.197. The number of amides is 2. The number of rotatable bonds is 8. The Hall–Kier alpha value is -4.20. The van der Waals surface area contributed by atoms with Crippen molar-refractivity contribution >= 4 is 40.0 Å². The first kappa shape index (κ1) is 38.1. The molecule has 1 aliphatic carbocycles. The topological polar surface area (TPSA) is 128 Å². The van der Waals surface area contributed by atoms with Crippen LogP contribution in [0, 0.1) is 23.2 Å². The van der Waals surface area contributed by atoms with Gasteiger partial charge in [-0.05, 0) is 68.9 Å². The Labute approximate surface area is 320 Å². The number of fused-ring (bicyclic) bond motifs is 6. The summed E-state index contributed by atoms with van der Waals surface area (Å²) in [4.78, 5) is 51.1. The molecule has 6 bridgehead atoms. The number of alkyl halides is 1. The number of halogens is 1. The number of pyridine rings is 1. The van der Waals surface area contributed by atoms with Crippen molar-refractivity contribution in [3.05, 3.63) is 58.2 Å². The highest BCUT2D eigenvalue weighted by atomic mass is 32.1. The Bertz CT molecular complexity index is 2030. The smallest absolute Gasteiger partial charge is 0.324 e. The van der Waals surface area contributed by atoms with E-state index in [4.69, 9.17) is 19.4 Å². The van der Waals surface area contributed by atoms with Gasteiger partial charge >= 0.3 is 5.97 Å². The minimum Gasteiger partial charge on any atom is -0.464 e. The number of benzene rings is 1. The summed E-state index contributed by atoms with van der Waals surface area (Å²) < 4.78 is 27.9. The van der Waals surface area contributed by atoms with Crippen LogP contribution in [0.5, 0.6) is 0 Å². The minimum atomic E-state index is -0.951. The lowest BCUT2D eigenvalue weighted by atomic mass is 9.84. The maximum Gasteiger partial charge on any atom is 0.324 e. The van der Waals surface area contributed by atoms with Crippen LogP contribution in [0.3, 0.4) is 0 Å². The number of aromatic nitrogens is 3. The monoisotopic (exact) mass is 758 g/mol. The van der Waals surface area contributed by atoms with Crippen LogP contribution < -0.4 is 10.7 Å². The molecule has 1 aromatic carbocycles. The van der Waals surface area contributed by atoms with Crippen molar-refractivity contribution in [1.29, 1.82) is 0 Å². The van der Waals surface area contributed by atoms with Crippen LogP contribution in [-0.4, -0.2) is 76.3 Å². The van der Waals surface area contributed by atoms with Crippen molar-refractivity contribution in [2.24, 2.45) is 23.2 Å². The number of esters is 1. The summed E-state index contributed by atoms with van der Waals surface area (Å²) in [6, 6.07) is 8.77. The third-order valence-corrected chi connectivity index (χ3v) is 12.3. The first-order chi connectivity index (χ1) is 26.0. The molecule has 2 fully saturated rings. The molecule has 54 heavy (non-hydrogen) atoms. The van der Waals surface area contributed by atoms with Gasteiger partial charge < -0.3 is 19.4 Å². The molecule has 3 aliphatic rings. The number of cyclic esters (lactones) is 1. The van der Waals surface area contributed by atoms with E-state index < -0.39 is 36.1 Å². The van der Waals surface area contributed by atoms with E-state index in [1.807, 2.05) is 25.3 Å². The highest BCUT2D eigenvalue weighted by Crippen LogP contribution is 2.49. The first-order valence-corrected chi connectivity index (χ1v) is 20.0. The van der Waals surface area contributed by atoms with E-state index in [9.17, 15) is 18.8 Å². The normalized spacial score (nSPS) is 24.9. The lowest BCUT2D eigenvalue weighted by Crippen LogP contribution is -2.60. The largest absolute Gasteiger partial charge is 0.464 e. The Morgan fingerprint density at radius 2 is 2.04 bits per heavy atom. The Balaban J connectivity index is 1.33. The van der Waals surface area contributed by atoms with Crippen molar-refractivity contribution in [3.63, 3.8) is 0 Å². The molecule has 11 nitrogen and oxygen atoms in total. The predicted molar refractivity (Wildman–Crippen MR) is 206 cm³/mol. The molecular formula is C41H51FN6O5S. The van der Waals surface area contributed by atoms with Gasteiger partial charge in [0.05, 0.1) is 41.5 Å². The van der Waals surface area contributed by atoms with E-state index in [1.54, 1.807) is 13.3 Å². The highest BCUT2D eigenvalue weighted by Gasteiger charge is 2.54. The van der Waals surface area contributed by atoms with Gasteiger partial charge in [0.25, 0.3) is 5.91 Å². The second-order valence-electron chi connectivity index (χ2n) is 15.7. The summed E-state index contributed by atoms with van der Waals surface area (Å²) in [7, 11) is 1.69. The number of nitrogens with one attached hydrogen (secondary N) is 2. The number of thiazole rings is 1. The van der Waals surface area contributed by atoms with Crippen LogP contribution in [0.1, 0.15) is 76.3 Å². The van der Waals surface area contributed by atoms with Crippen LogP contribution in [-0.2, 0) is 43.2 Å². The Morgan fingerprint density at radius 1 is 1.22 bits per heavy atom. The first-order valence-electron chi connectivity index (χ1n) is 19.2. The van der Waals surface area contributed by atoms with E-state index in [2.05, 4.69) is 60.3 Å². The highest BCUT2D eigenvalue weighted by molar-refractivity contribution is 7.10. The third-order valence-electron chi connectivity index (χ3n) is 11.4. The molecule has 7 rings (SSSR count). The molecule has 0 radical (unpaired) electrons. The summed E-state index contributed by atoms with van der Waals surface area (Å²) in [5.41, 5.74) is 9.43. The summed E-state index contributed by atoms with van der Waals surface area (Å²) >= 11 is 1.44. The summed E-state index contributed by atoms with van der Waals surface area (Å²) in [5, 5.41) is 8.15. The maximum absolute atomic E-state index is 14.1. The molecule has 1 saturated heterocycles. The fourth-order valence-electron chi connectivity index (χ4n) is 8.43. The number of hydrogen-bond donors (Lipinski definition) is 2. The van der Waals surface area contributed by atoms with Crippen molar-refractivity contribution in [1.82, 2.24) is 30.3 Å². The molecule has 1 saturated carbocycles. The number of hydrogen-bond acceptors (Lipinski definition) is 9. The van der Waals surface area contributed by atoms with Gasteiger partial charge in [-0.3, -0.25) is 28.8 Å². The molecule has 13 heteroatoms. The standard InChI is InChI=1S/C41H51FN6O5S/c1-7-25-29(20-42)35(25)38(49)45-31-18-34-44-32(21-54-34)24-13-14-33-27(17-24)28(37(47(33)8-2)26-11-9-15-43-36(26)23(3)52-6)19-41(4,5)22-53-40(51)30-12-10-16-48(46-30)39(31)50/h9,11,13-15,17,21,23,25,29-31,35,46H,7-8,10,12,16,18-20,22H2,1-6H3,(H,45,49)/t23?,25?,29-,30-,31?,35+/m0/s1. The van der Waals surface area contributed by atoms with Gasteiger partial charge in [0, 0.05) is 77.5 Å². The van der Waals surface area contributed by atoms with Crippen LogP contribution in [0.2, 0.25) is 0 Å². The average molecular weight is 759 g/mol. The third kappa shape index (κ3) is 7.29. The van der Waals surface area contributed by atoms with Gasteiger partial charge in [-0.25, -0.2) is 10.4 Å². The molecule has 3 unspecified atom stereocenters. The molecule has 2 aliphatic heterocycles. The van der Waals surface area contributed by atoms with E-state index in [0.717, 1.165) is 44.7 Å². The van der Waals surface area contributed by atoms with E-state index in [1.165, 1.54) is 16.3 Å². The zero-order valence-electron chi connectivity index (χ0n) is 32.0. The Morgan fingerprint density at radius 3 is 2.76 bits per heavy atom. The van der Waals surface area contributed by atoms with Gasteiger partial charge in [-0.2, -0.15) is 0 Å². The molecule has 288 valence electrons. The minimum absolute atomic E-state index is 0.0386. The van der Waals surface area contributed by atoms with Gasteiger partial charge in [0.15, 0.2) is 0 Å². The fraction of sp³-hybridized carbons (Fsp3) is 0.537. The molecule has 2 N–H and O–H groups in total. The number of ether oxygens (including phenoxy) is 2. The van der Waals surface area contributed by atoms with Crippen LogP contribution >= 0.6 is 11.3 Å². The number of methoxy groups -OCH3 is 1. The maximum atomic E-state index is 14.1. The lowest BCUT2D eigenvalue weighted by Gasteiger charge is -2.35. The van der Waals surface area contributed by atoms with E-state index in [0.29, 0.717) is 43.8 Å². The van der Waals surface area contributed by atoms with Crippen LogP contribution in [0.15, 0.2) is 41.9 Å². The van der Waals surface area contributed by atoms with Gasteiger partial charge in [-0.1, -0.05) is 33.3 Å². The second-order valence-corrected chi connectivity index (χ2v) is 16.6. The number of nitrogens with zero attached hydrogens (tertiary/aromatic N) is 4. The van der Waals surface area contributed by atoms with Crippen LogP contribution in [0.25, 0.3) is 33.4 Å². The SMILES string of the molecule is CCC1[C@@H](C(=O)NC2Cc3nc(cs3)-c3ccc4c(c3)c(c(-c3cccnc3C(C)OC)n4CC)CC(C)(C)COC(=O)[C@@H]3CCCN(N3)C2=O)[C@H]1CF. The number of hydrazine groups is 1. The fourth-order valence-corrected chi connectivity index (χ4v) is 9.28. The molecule has 2 amide bonds. The van der Waals surface area contributed by atoms with Gasteiger partial charge in [0.2, 0.25) is 5.91 Å². The van der Waals surface area contributed by atoms with Crippen molar-refractivity contribution in [2.45, 2.75) is 91.5 Å². The zero-order valence-corrected chi connectivity index (χ0v) is 32.8. The average Bonchev–Trinajstić information content (AvgIpc) is 3.58. The zero-order chi connectivity index (χ0) is 38.3. The molecular weight excluding hydrogens is 708 g/mol. The number of carbonyl (C=O) groups is 3. The van der Waals surface area contributed by atoms with Gasteiger partial charge in [-0.15, -0.1) is 11.3 Å². The van der Waals surface area contributed by atoms with Crippen molar-refractivity contribution in [2.75, 3.05) is 26.9 Å². The molecule has 3 aromatic heterocycles. The Kier molecular flexibility index (Phi) is 10.9. The van der Waals surface area contributed by atoms with E-state index >= 15 is 0 Å². The molecule has 5 heterocycles. The van der Waals surface area contributed by atoms with Gasteiger partial charge in [0.1, 0.15) is 12.1 Å². The lowest BCUT2D eigenvalue weighted by molar-refractivity contribution is -0.155. The van der Waals surface area contributed by atoms with Crippen molar-refractivity contribution in [3.8, 4) is 22.5 Å². The summed E-state index contributed by atoms with van der Waals surface area (Å²) in [6.07, 6.45) is 4.11. The summed E-state index contributed by atoms with van der Waals surface area (Å²) in [6.45, 7) is 11.0. The van der Waals surface area contributed by atoms with E-state index in [-0.39, 0.29) is 42.8 Å².